The molecule has 0 amide bonds. The summed E-state index contributed by atoms with van der Waals surface area (Å²) in [6, 6.07) is 7.36. The molecule has 0 aliphatic heterocycles. The molecule has 0 bridgehead atoms. The van der Waals surface area contributed by atoms with Gasteiger partial charge in [-0.05, 0) is 45.0 Å². The van der Waals surface area contributed by atoms with Crippen molar-refractivity contribution in [2.45, 2.75) is 26.8 Å². The molecular weight excluding hydrogens is 471 g/mol. The Morgan fingerprint density at radius 3 is 2.46 bits per heavy atom. The van der Waals surface area contributed by atoms with Crippen molar-refractivity contribution in [1.82, 2.24) is 15.5 Å². The molecule has 0 spiro atoms. The van der Waals surface area contributed by atoms with Crippen LogP contribution in [0.4, 0.5) is 0 Å². The third-order valence-electron chi connectivity index (χ3n) is 3.90. The Kier molecular flexibility index (Phi) is 15.7. The average Bonchev–Trinajstić information content (AvgIpc) is 2.67. The first-order valence-corrected chi connectivity index (χ1v) is 9.56. The molecule has 1 aromatic carbocycles. The molecule has 0 saturated carbocycles. The van der Waals surface area contributed by atoms with E-state index >= 15 is 0 Å². The van der Waals surface area contributed by atoms with Gasteiger partial charge in [-0.3, -0.25) is 0 Å². The number of nitrogens with one attached hydrogen (secondary N) is 2. The van der Waals surface area contributed by atoms with Crippen molar-refractivity contribution in [3.8, 4) is 0 Å². The Bertz CT molecular complexity index is 567. The van der Waals surface area contributed by atoms with Crippen LogP contribution >= 0.6 is 24.0 Å². The van der Waals surface area contributed by atoms with E-state index in [1.165, 1.54) is 0 Å². The molecule has 0 radical (unpaired) electrons. The van der Waals surface area contributed by atoms with Crippen molar-refractivity contribution >= 4 is 35.9 Å². The number of carbonyl (C=O) groups excluding carboxylic acids is 1. The van der Waals surface area contributed by atoms with Crippen molar-refractivity contribution in [2.75, 3.05) is 53.6 Å². The fourth-order valence-electron chi connectivity index (χ4n) is 2.43. The van der Waals surface area contributed by atoms with E-state index in [1.54, 1.807) is 26.2 Å². The van der Waals surface area contributed by atoms with Crippen LogP contribution in [-0.2, 0) is 16.0 Å². The number of methoxy groups -OCH3 is 1. The third-order valence-corrected chi connectivity index (χ3v) is 3.90. The zero-order valence-corrected chi connectivity index (χ0v) is 19.8. The maximum absolute atomic E-state index is 11.7. The number of rotatable bonds is 12. The number of halogens is 1. The predicted octanol–water partition coefficient (Wildman–Crippen LogP) is 2.50. The minimum atomic E-state index is -0.294. The van der Waals surface area contributed by atoms with Crippen LogP contribution in [0.5, 0.6) is 0 Å². The Morgan fingerprint density at radius 1 is 1.14 bits per heavy atom. The summed E-state index contributed by atoms with van der Waals surface area (Å²) in [6.45, 7) is 9.12. The third kappa shape index (κ3) is 11.5. The molecule has 0 heterocycles. The topological polar surface area (TPSA) is 75.2 Å². The van der Waals surface area contributed by atoms with E-state index in [2.05, 4.69) is 27.6 Å². The van der Waals surface area contributed by atoms with Gasteiger partial charge in [-0.2, -0.15) is 0 Å². The van der Waals surface area contributed by atoms with Crippen LogP contribution in [-0.4, -0.2) is 70.4 Å². The second-order valence-corrected chi connectivity index (χ2v) is 6.19. The predicted molar refractivity (Wildman–Crippen MR) is 125 cm³/mol. The monoisotopic (exact) mass is 506 g/mol. The molecule has 1 aromatic rings. The smallest absolute Gasteiger partial charge is 0.338 e. The molecule has 0 atom stereocenters. The number of likely N-dealkylation sites (N-methyl/N-ethyl adjacent to an activating group) is 1. The highest BCUT2D eigenvalue weighted by Crippen LogP contribution is 2.07. The van der Waals surface area contributed by atoms with Gasteiger partial charge in [0.25, 0.3) is 0 Å². The van der Waals surface area contributed by atoms with Crippen LogP contribution in [0.15, 0.2) is 29.3 Å². The van der Waals surface area contributed by atoms with Crippen molar-refractivity contribution in [1.29, 1.82) is 0 Å². The number of guanidine groups is 1. The number of ether oxygens (including phenoxy) is 2. The van der Waals surface area contributed by atoms with Crippen LogP contribution < -0.4 is 10.6 Å². The van der Waals surface area contributed by atoms with Crippen LogP contribution in [0.25, 0.3) is 0 Å². The second-order valence-electron chi connectivity index (χ2n) is 6.19. The van der Waals surface area contributed by atoms with Crippen LogP contribution in [0, 0.1) is 0 Å². The summed E-state index contributed by atoms with van der Waals surface area (Å²) in [6.07, 6.45) is 1.03. The van der Waals surface area contributed by atoms with E-state index in [0.717, 1.165) is 50.7 Å². The largest absolute Gasteiger partial charge is 0.462 e. The second kappa shape index (κ2) is 16.6. The maximum atomic E-state index is 11.7. The van der Waals surface area contributed by atoms with E-state index < -0.39 is 0 Å². The molecule has 0 aromatic heterocycles. The van der Waals surface area contributed by atoms with Crippen molar-refractivity contribution in [2.24, 2.45) is 4.99 Å². The molecule has 0 aliphatic rings. The number of nitrogens with zero attached hydrogens (tertiary/aromatic N) is 2. The maximum Gasteiger partial charge on any atom is 0.338 e. The Morgan fingerprint density at radius 2 is 1.86 bits per heavy atom. The highest BCUT2D eigenvalue weighted by atomic mass is 127. The molecule has 0 aliphatic carbocycles. The molecule has 160 valence electrons. The molecule has 7 nitrogen and oxygen atoms in total. The molecule has 28 heavy (non-hydrogen) atoms. The summed E-state index contributed by atoms with van der Waals surface area (Å²) in [5.41, 5.74) is 1.60. The number of carbonyl (C=O) groups is 1. The number of esters is 1. The van der Waals surface area contributed by atoms with Crippen LogP contribution in [0.3, 0.4) is 0 Å². The number of hydrogen-bond acceptors (Lipinski definition) is 5. The Hall–Kier alpha value is -1.39. The normalized spacial score (nSPS) is 11.1. The number of benzene rings is 1. The minimum Gasteiger partial charge on any atom is -0.462 e. The van der Waals surface area contributed by atoms with E-state index in [-0.39, 0.29) is 29.9 Å². The Labute approximate surface area is 186 Å². The lowest BCUT2D eigenvalue weighted by Crippen LogP contribution is -2.41. The van der Waals surface area contributed by atoms with Crippen LogP contribution in [0.2, 0.25) is 0 Å². The summed E-state index contributed by atoms with van der Waals surface area (Å²) in [7, 11) is 3.83. The van der Waals surface area contributed by atoms with Gasteiger partial charge in [0.05, 0.1) is 18.7 Å². The van der Waals surface area contributed by atoms with E-state index in [0.29, 0.717) is 18.7 Å². The van der Waals surface area contributed by atoms with Gasteiger partial charge in [0.15, 0.2) is 5.96 Å². The van der Waals surface area contributed by atoms with Crippen molar-refractivity contribution in [3.05, 3.63) is 35.4 Å². The fraction of sp³-hybridized carbons (Fsp3) is 0.600. The molecule has 0 unspecified atom stereocenters. The van der Waals surface area contributed by atoms with Gasteiger partial charge in [-0.15, -0.1) is 24.0 Å². The van der Waals surface area contributed by atoms with Gasteiger partial charge >= 0.3 is 5.97 Å². The molecule has 0 saturated heterocycles. The summed E-state index contributed by atoms with van der Waals surface area (Å²) >= 11 is 0. The molecule has 1 rings (SSSR count). The number of hydrogen-bond donors (Lipinski definition) is 2. The first-order chi connectivity index (χ1) is 13.1. The SMILES string of the molecule is CCNC(=NCc1ccc(C(=O)OCC)cc1)NCCN(C)CCCOC.I. The van der Waals surface area contributed by atoms with Gasteiger partial charge in [-0.1, -0.05) is 12.1 Å². The Balaban J connectivity index is 0.00000729. The average molecular weight is 506 g/mol. The van der Waals surface area contributed by atoms with Gasteiger partial charge in [0, 0.05) is 39.9 Å². The van der Waals surface area contributed by atoms with Crippen molar-refractivity contribution in [3.63, 3.8) is 0 Å². The first kappa shape index (κ1) is 26.6. The first-order valence-electron chi connectivity index (χ1n) is 9.56. The van der Waals surface area contributed by atoms with E-state index in [9.17, 15) is 4.79 Å². The zero-order chi connectivity index (χ0) is 19.9. The summed E-state index contributed by atoms with van der Waals surface area (Å²) in [5.74, 6) is 0.495. The molecule has 2 N–H and O–H groups in total. The van der Waals surface area contributed by atoms with Crippen molar-refractivity contribution < 1.29 is 14.3 Å². The highest BCUT2D eigenvalue weighted by molar-refractivity contribution is 14.0. The zero-order valence-electron chi connectivity index (χ0n) is 17.5. The van der Waals surface area contributed by atoms with Crippen LogP contribution in [0.1, 0.15) is 36.2 Å². The quantitative estimate of drug-likeness (QED) is 0.149. The summed E-state index contributed by atoms with van der Waals surface area (Å²) < 4.78 is 10.1. The number of aliphatic imine (C=N–C) groups is 1. The summed E-state index contributed by atoms with van der Waals surface area (Å²) in [4.78, 5) is 18.6. The van der Waals surface area contributed by atoms with Gasteiger partial charge in [-0.25, -0.2) is 9.79 Å². The lowest BCUT2D eigenvalue weighted by Gasteiger charge is -2.18. The molecule has 0 fully saturated rings. The highest BCUT2D eigenvalue weighted by Gasteiger charge is 2.05. The molecule has 8 heteroatoms. The molecular formula is C20H35IN4O3. The minimum absolute atomic E-state index is 0. The lowest BCUT2D eigenvalue weighted by atomic mass is 10.1. The standard InChI is InChI=1S/C20H34N4O3.HI/c1-5-21-20(22-12-14-24(3)13-7-15-26-4)23-16-17-8-10-18(11-9-17)19(25)27-6-2;/h8-11H,5-7,12-16H2,1-4H3,(H2,21,22,23);1H. The van der Waals surface area contributed by atoms with Gasteiger partial charge < -0.3 is 25.0 Å². The van der Waals surface area contributed by atoms with E-state index in [1.807, 2.05) is 19.1 Å². The van der Waals surface area contributed by atoms with E-state index in [4.69, 9.17) is 9.47 Å². The lowest BCUT2D eigenvalue weighted by molar-refractivity contribution is 0.0526. The summed E-state index contributed by atoms with van der Waals surface area (Å²) in [5, 5.41) is 6.60. The van der Waals surface area contributed by atoms with Gasteiger partial charge in [0.1, 0.15) is 0 Å². The fourth-order valence-corrected chi connectivity index (χ4v) is 2.43. The van der Waals surface area contributed by atoms with Gasteiger partial charge in [0.2, 0.25) is 0 Å².